The summed E-state index contributed by atoms with van der Waals surface area (Å²) in [7, 11) is 0. The van der Waals surface area contributed by atoms with Crippen LogP contribution in [0.1, 0.15) is 24.4 Å². The molecular weight excluding hydrogens is 282 g/mol. The van der Waals surface area contributed by atoms with Crippen molar-refractivity contribution in [3.8, 4) is 0 Å². The van der Waals surface area contributed by atoms with Gasteiger partial charge in [0.2, 0.25) is 0 Å². The second-order valence-corrected chi connectivity index (χ2v) is 5.55. The van der Waals surface area contributed by atoms with E-state index in [9.17, 15) is 4.79 Å². The maximum absolute atomic E-state index is 12.1. The summed E-state index contributed by atoms with van der Waals surface area (Å²) in [5, 5.41) is 4.15. The molecule has 21 heavy (non-hydrogen) atoms. The van der Waals surface area contributed by atoms with Gasteiger partial charge in [0, 0.05) is 22.7 Å². The lowest BCUT2D eigenvalue weighted by Gasteiger charge is -2.21. The number of carbonyl (C=O) groups excluding carboxylic acids is 1. The topological polar surface area (TPSA) is 29.1 Å². The zero-order valence-corrected chi connectivity index (χ0v) is 12.3. The molecule has 0 heterocycles. The predicted octanol–water partition coefficient (Wildman–Crippen LogP) is 4.78. The maximum atomic E-state index is 12.1. The van der Waals surface area contributed by atoms with Crippen LogP contribution in [0.4, 0.5) is 5.69 Å². The summed E-state index contributed by atoms with van der Waals surface area (Å²) in [6, 6.07) is 17.5. The predicted molar refractivity (Wildman–Crippen MR) is 86.6 cm³/mol. The number of nitrogens with one attached hydrogen (secondary N) is 1. The van der Waals surface area contributed by atoms with E-state index in [2.05, 4.69) is 5.32 Å². The summed E-state index contributed by atoms with van der Waals surface area (Å²) in [5.41, 5.74) is 2.89. The zero-order chi connectivity index (χ0) is 14.7. The first-order valence-electron chi connectivity index (χ1n) is 7.04. The van der Waals surface area contributed by atoms with Gasteiger partial charge in [0.05, 0.1) is 6.04 Å². The molecule has 2 aromatic rings. The van der Waals surface area contributed by atoms with Crippen LogP contribution in [0.25, 0.3) is 0 Å². The van der Waals surface area contributed by atoms with Gasteiger partial charge in [0.1, 0.15) is 0 Å². The molecule has 1 atom stereocenters. The van der Waals surface area contributed by atoms with Gasteiger partial charge in [-0.2, -0.15) is 0 Å². The van der Waals surface area contributed by atoms with Crippen LogP contribution in [0.2, 0.25) is 5.02 Å². The van der Waals surface area contributed by atoms with Crippen LogP contribution in [0, 0.1) is 0 Å². The van der Waals surface area contributed by atoms with Crippen molar-refractivity contribution in [2.45, 2.75) is 18.9 Å². The van der Waals surface area contributed by atoms with Crippen molar-refractivity contribution < 1.29 is 4.79 Å². The van der Waals surface area contributed by atoms with Crippen LogP contribution in [-0.2, 0) is 4.79 Å². The molecule has 3 rings (SSSR count). The molecule has 0 saturated carbocycles. The lowest BCUT2D eigenvalue weighted by Crippen LogP contribution is -2.17. The van der Waals surface area contributed by atoms with Crippen molar-refractivity contribution in [1.82, 2.24) is 0 Å². The van der Waals surface area contributed by atoms with Crippen LogP contribution >= 0.6 is 11.6 Å². The van der Waals surface area contributed by atoms with Crippen molar-refractivity contribution in [2.24, 2.45) is 0 Å². The quantitative estimate of drug-likeness (QED) is 0.879. The van der Waals surface area contributed by atoms with Gasteiger partial charge in [-0.25, -0.2) is 0 Å². The Bertz CT molecular complexity index is 661. The highest BCUT2D eigenvalue weighted by Crippen LogP contribution is 2.32. The molecule has 0 amide bonds. The molecule has 1 N–H and O–H groups in total. The van der Waals surface area contributed by atoms with Crippen LogP contribution < -0.4 is 5.32 Å². The Labute approximate surface area is 129 Å². The highest BCUT2D eigenvalue weighted by atomic mass is 35.5. The molecule has 0 aromatic heterocycles. The van der Waals surface area contributed by atoms with Crippen molar-refractivity contribution in [2.75, 3.05) is 5.32 Å². The van der Waals surface area contributed by atoms with Crippen molar-refractivity contribution >= 4 is 23.1 Å². The average molecular weight is 298 g/mol. The second kappa shape index (κ2) is 6.15. The molecule has 1 unspecified atom stereocenters. The summed E-state index contributed by atoms with van der Waals surface area (Å²) in [5.74, 6) is 0.221. The first-order chi connectivity index (χ1) is 10.2. The van der Waals surface area contributed by atoms with E-state index in [-0.39, 0.29) is 11.8 Å². The van der Waals surface area contributed by atoms with E-state index < -0.39 is 0 Å². The molecule has 106 valence electrons. The fraction of sp³-hybridized carbons (Fsp3) is 0.167. The summed E-state index contributed by atoms with van der Waals surface area (Å²) >= 11 is 5.96. The molecule has 0 spiro atoms. The van der Waals surface area contributed by atoms with Crippen molar-refractivity contribution in [1.29, 1.82) is 0 Å². The fourth-order valence-electron chi connectivity index (χ4n) is 2.59. The van der Waals surface area contributed by atoms with Gasteiger partial charge in [-0.05, 0) is 36.2 Å². The highest BCUT2D eigenvalue weighted by Gasteiger charge is 2.25. The van der Waals surface area contributed by atoms with E-state index in [1.165, 1.54) is 0 Å². The number of Topliss-reactive ketones (excluding diaryl/α,β-unsaturated/α-hetero) is 1. The van der Waals surface area contributed by atoms with Crippen molar-refractivity contribution in [3.05, 3.63) is 76.8 Å². The molecule has 0 saturated heterocycles. The number of para-hydroxylation sites is 1. The van der Waals surface area contributed by atoms with Gasteiger partial charge in [-0.15, -0.1) is 0 Å². The third-order valence-electron chi connectivity index (χ3n) is 3.66. The standard InChI is InChI=1S/C18H16ClNO/c19-14-11-9-13(10-12-14)18(16-7-4-8-17(16)21)20-15-5-2-1-3-6-15/h1-3,5-7,9-12,18,20H,4,8H2. The third kappa shape index (κ3) is 3.17. The number of hydrogen-bond acceptors (Lipinski definition) is 2. The zero-order valence-electron chi connectivity index (χ0n) is 11.6. The maximum Gasteiger partial charge on any atom is 0.161 e. The number of anilines is 1. The molecule has 0 fully saturated rings. The minimum atomic E-state index is -0.125. The van der Waals surface area contributed by atoms with E-state index in [1.54, 1.807) is 0 Å². The highest BCUT2D eigenvalue weighted by molar-refractivity contribution is 6.30. The number of hydrogen-bond donors (Lipinski definition) is 1. The van der Waals surface area contributed by atoms with Crippen LogP contribution in [0.5, 0.6) is 0 Å². The summed E-state index contributed by atoms with van der Waals surface area (Å²) in [4.78, 5) is 12.1. The Morgan fingerprint density at radius 1 is 1.00 bits per heavy atom. The Hall–Kier alpha value is -2.06. The monoisotopic (exact) mass is 297 g/mol. The minimum Gasteiger partial charge on any atom is -0.374 e. The number of allylic oxidation sites excluding steroid dienone is 1. The molecule has 3 heteroatoms. The van der Waals surface area contributed by atoms with Crippen LogP contribution in [-0.4, -0.2) is 5.78 Å². The SMILES string of the molecule is O=C1CCC=C1C(Nc1ccccc1)c1ccc(Cl)cc1. The fourth-order valence-corrected chi connectivity index (χ4v) is 2.72. The Morgan fingerprint density at radius 3 is 2.33 bits per heavy atom. The Morgan fingerprint density at radius 2 is 1.71 bits per heavy atom. The summed E-state index contributed by atoms with van der Waals surface area (Å²) < 4.78 is 0. The van der Waals surface area contributed by atoms with Gasteiger partial charge in [-0.3, -0.25) is 4.79 Å². The molecule has 0 bridgehead atoms. The third-order valence-corrected chi connectivity index (χ3v) is 3.91. The molecular formula is C18H16ClNO. The second-order valence-electron chi connectivity index (χ2n) is 5.12. The van der Waals surface area contributed by atoms with E-state index in [1.807, 2.05) is 60.7 Å². The smallest absolute Gasteiger partial charge is 0.161 e. The average Bonchev–Trinajstić information content (AvgIpc) is 2.93. The first-order valence-corrected chi connectivity index (χ1v) is 7.42. The lowest BCUT2D eigenvalue weighted by atomic mass is 9.97. The van der Waals surface area contributed by atoms with Gasteiger partial charge in [0.15, 0.2) is 5.78 Å². The van der Waals surface area contributed by atoms with Gasteiger partial charge < -0.3 is 5.32 Å². The number of halogens is 1. The molecule has 1 aliphatic rings. The molecule has 2 aromatic carbocycles. The largest absolute Gasteiger partial charge is 0.374 e. The van der Waals surface area contributed by atoms with Crippen LogP contribution in [0.3, 0.4) is 0 Å². The van der Waals surface area contributed by atoms with E-state index >= 15 is 0 Å². The summed E-state index contributed by atoms with van der Waals surface area (Å²) in [6.45, 7) is 0. The Balaban J connectivity index is 1.95. The van der Waals surface area contributed by atoms with Crippen molar-refractivity contribution in [3.63, 3.8) is 0 Å². The minimum absolute atomic E-state index is 0.125. The Kier molecular flexibility index (Phi) is 4.07. The first kappa shape index (κ1) is 13.9. The lowest BCUT2D eigenvalue weighted by molar-refractivity contribution is -0.115. The molecule has 0 radical (unpaired) electrons. The number of rotatable bonds is 4. The molecule has 1 aliphatic carbocycles. The summed E-state index contributed by atoms with van der Waals surface area (Å²) in [6.07, 6.45) is 3.47. The van der Waals surface area contributed by atoms with Gasteiger partial charge >= 0.3 is 0 Å². The molecule has 0 aliphatic heterocycles. The number of benzene rings is 2. The normalized spacial score (nSPS) is 15.7. The number of ketones is 1. The van der Waals surface area contributed by atoms with E-state index in [0.717, 1.165) is 23.2 Å². The van der Waals surface area contributed by atoms with Gasteiger partial charge in [-0.1, -0.05) is 48.0 Å². The van der Waals surface area contributed by atoms with Crippen LogP contribution in [0.15, 0.2) is 66.2 Å². The van der Waals surface area contributed by atoms with Gasteiger partial charge in [0.25, 0.3) is 0 Å². The van der Waals surface area contributed by atoms with E-state index in [0.29, 0.717) is 11.4 Å². The molecule has 2 nitrogen and oxygen atoms in total. The number of carbonyl (C=O) groups is 1. The van der Waals surface area contributed by atoms with E-state index in [4.69, 9.17) is 11.6 Å².